The maximum Gasteiger partial charge on any atom is 0.272 e. The quantitative estimate of drug-likeness (QED) is 0.875. The molecule has 7 nitrogen and oxygen atoms in total. The first kappa shape index (κ1) is 18.1. The van der Waals surface area contributed by atoms with Crippen LogP contribution in [-0.4, -0.2) is 76.6 Å². The van der Waals surface area contributed by atoms with Gasteiger partial charge in [-0.15, -0.1) is 0 Å². The summed E-state index contributed by atoms with van der Waals surface area (Å²) in [4.78, 5) is 29.4. The minimum atomic E-state index is -0.144. The van der Waals surface area contributed by atoms with Crippen LogP contribution in [0.5, 0.6) is 0 Å². The van der Waals surface area contributed by atoms with Gasteiger partial charge in [0.2, 0.25) is 0 Å². The molecular weight excluding hydrogens is 342 g/mol. The summed E-state index contributed by atoms with van der Waals surface area (Å²) in [5, 5.41) is 8.47. The molecule has 0 spiro atoms. The number of piperidine rings is 1. The van der Waals surface area contributed by atoms with Crippen molar-refractivity contribution in [3.8, 4) is 0 Å². The van der Waals surface area contributed by atoms with Crippen molar-refractivity contribution in [3.63, 3.8) is 0 Å². The van der Waals surface area contributed by atoms with Crippen molar-refractivity contribution in [2.45, 2.75) is 44.4 Å². The van der Waals surface area contributed by atoms with Gasteiger partial charge in [0.15, 0.2) is 11.5 Å². The van der Waals surface area contributed by atoms with Crippen LogP contribution in [0.2, 0.25) is 0 Å². The molecule has 144 valence electrons. The second-order valence-electron chi connectivity index (χ2n) is 8.06. The van der Waals surface area contributed by atoms with E-state index in [9.17, 15) is 9.59 Å². The zero-order chi connectivity index (χ0) is 19.1. The van der Waals surface area contributed by atoms with Crippen molar-refractivity contribution >= 4 is 22.6 Å². The highest BCUT2D eigenvalue weighted by Crippen LogP contribution is 2.27. The van der Waals surface area contributed by atoms with E-state index in [-0.39, 0.29) is 24.3 Å². The average Bonchev–Trinajstić information content (AvgIpc) is 2.95. The van der Waals surface area contributed by atoms with Crippen molar-refractivity contribution in [3.05, 3.63) is 30.0 Å². The van der Waals surface area contributed by atoms with Gasteiger partial charge in [0, 0.05) is 36.6 Å². The Hall–Kier alpha value is -2.25. The van der Waals surface area contributed by atoms with Crippen LogP contribution in [0.15, 0.2) is 24.3 Å². The first-order valence-electron chi connectivity index (χ1n) is 9.58. The lowest BCUT2D eigenvalue weighted by Gasteiger charge is -2.50. The molecule has 2 aliphatic rings. The number of fused-ring (bicyclic) bond motifs is 3. The number of rotatable bonds is 4. The maximum absolute atomic E-state index is 13.0. The second-order valence-corrected chi connectivity index (χ2v) is 8.06. The van der Waals surface area contributed by atoms with E-state index in [0.29, 0.717) is 17.8 Å². The fourth-order valence-electron chi connectivity index (χ4n) is 4.58. The van der Waals surface area contributed by atoms with E-state index < -0.39 is 0 Å². The lowest BCUT2D eigenvalue weighted by atomic mass is 9.88. The molecule has 1 aromatic heterocycles. The number of likely N-dealkylation sites (N-methyl/N-ethyl adjacent to an activating group) is 2. The number of carbonyl (C=O) groups excluding carboxylic acids is 2. The topological polar surface area (TPSA) is 70.5 Å². The molecule has 1 amide bonds. The largest absolute Gasteiger partial charge is 0.348 e. The van der Waals surface area contributed by atoms with Crippen LogP contribution in [0.25, 0.3) is 10.9 Å². The predicted octanol–water partition coefficient (Wildman–Crippen LogP) is 1.13. The fourth-order valence-corrected chi connectivity index (χ4v) is 4.58. The lowest BCUT2D eigenvalue weighted by Crippen LogP contribution is -2.63. The number of nitrogens with one attached hydrogen (secondary N) is 1. The third kappa shape index (κ3) is 3.49. The molecule has 2 aliphatic heterocycles. The number of likely N-dealkylation sites (tertiary alicyclic amines) is 1. The number of ketones is 1. The molecule has 7 heteroatoms. The number of Topliss-reactive ketones (excluding diaryl/α,β-unsaturated/α-hetero) is 1. The monoisotopic (exact) mass is 369 g/mol. The number of nitrogens with zero attached hydrogens (tertiary/aromatic N) is 4. The van der Waals surface area contributed by atoms with E-state index in [0.717, 1.165) is 36.8 Å². The Kier molecular flexibility index (Phi) is 4.74. The first-order chi connectivity index (χ1) is 12.9. The average molecular weight is 369 g/mol. The summed E-state index contributed by atoms with van der Waals surface area (Å²) < 4.78 is 1.63. The van der Waals surface area contributed by atoms with Gasteiger partial charge in [0.25, 0.3) is 5.91 Å². The number of amides is 1. The number of para-hydroxylation sites is 1. The Morgan fingerprint density at radius 1 is 1.15 bits per heavy atom. The van der Waals surface area contributed by atoms with Crippen molar-refractivity contribution in [1.29, 1.82) is 0 Å². The van der Waals surface area contributed by atoms with Crippen molar-refractivity contribution < 1.29 is 9.59 Å². The zero-order valence-corrected chi connectivity index (χ0v) is 16.2. The molecule has 1 aromatic carbocycles. The molecule has 2 unspecified atom stereocenters. The molecule has 2 fully saturated rings. The van der Waals surface area contributed by atoms with Gasteiger partial charge in [-0.05, 0) is 39.9 Å². The van der Waals surface area contributed by atoms with Gasteiger partial charge >= 0.3 is 0 Å². The number of aromatic nitrogens is 2. The van der Waals surface area contributed by atoms with Crippen molar-refractivity contribution in [1.82, 2.24) is 24.9 Å². The summed E-state index contributed by atoms with van der Waals surface area (Å²) >= 11 is 0. The smallest absolute Gasteiger partial charge is 0.272 e. The van der Waals surface area contributed by atoms with Gasteiger partial charge in [-0.25, -0.2) is 0 Å². The van der Waals surface area contributed by atoms with Crippen LogP contribution in [0.4, 0.5) is 0 Å². The molecule has 0 radical (unpaired) electrons. The van der Waals surface area contributed by atoms with Gasteiger partial charge in [0.1, 0.15) is 0 Å². The third-order valence-corrected chi connectivity index (χ3v) is 5.89. The molecule has 4 rings (SSSR count). The molecule has 2 saturated heterocycles. The molecule has 2 atom stereocenters. The standard InChI is InChI=1S/C20H27N5O2/c1-13(26)10-25-18-7-5-4-6-17(18)19(22-25)20(27)21-14-8-15-11-23(2)12-16(9-14)24(15)3/h4-7,14-16H,8-12H2,1-3H3,(H,21,27). The first-order valence-corrected chi connectivity index (χ1v) is 9.58. The van der Waals surface area contributed by atoms with E-state index in [1.54, 1.807) is 4.68 Å². The molecule has 0 aliphatic carbocycles. The number of benzene rings is 1. The summed E-state index contributed by atoms with van der Waals surface area (Å²) in [5.41, 5.74) is 1.23. The van der Waals surface area contributed by atoms with Crippen LogP contribution in [-0.2, 0) is 11.3 Å². The molecule has 2 aromatic rings. The van der Waals surface area contributed by atoms with E-state index >= 15 is 0 Å². The summed E-state index contributed by atoms with van der Waals surface area (Å²) in [5.74, 6) is -0.128. The molecule has 1 N–H and O–H groups in total. The van der Waals surface area contributed by atoms with Gasteiger partial charge in [-0.1, -0.05) is 18.2 Å². The SMILES string of the molecule is CC(=O)Cn1nc(C(=O)NC2CC3CN(C)CC(C2)N3C)c2ccccc21. The highest BCUT2D eigenvalue weighted by atomic mass is 16.2. The van der Waals surface area contributed by atoms with Crippen LogP contribution in [0.3, 0.4) is 0 Å². The van der Waals surface area contributed by atoms with Gasteiger partial charge in [-0.3, -0.25) is 19.2 Å². The molecule has 0 saturated carbocycles. The van der Waals surface area contributed by atoms with E-state index in [2.05, 4.69) is 34.3 Å². The second kappa shape index (κ2) is 7.05. The van der Waals surface area contributed by atoms with Crippen molar-refractivity contribution in [2.24, 2.45) is 0 Å². The van der Waals surface area contributed by atoms with Gasteiger partial charge in [0.05, 0.1) is 12.1 Å². The highest BCUT2D eigenvalue weighted by molar-refractivity contribution is 6.05. The van der Waals surface area contributed by atoms with Crippen LogP contribution in [0, 0.1) is 0 Å². The summed E-state index contributed by atoms with van der Waals surface area (Å²) in [6.07, 6.45) is 1.91. The van der Waals surface area contributed by atoms with E-state index in [1.165, 1.54) is 6.92 Å². The Balaban J connectivity index is 1.55. The molecule has 2 bridgehead atoms. The van der Waals surface area contributed by atoms with Crippen molar-refractivity contribution in [2.75, 3.05) is 27.2 Å². The van der Waals surface area contributed by atoms with Gasteiger partial charge < -0.3 is 10.2 Å². The maximum atomic E-state index is 13.0. The normalized spacial score (nSPS) is 26.3. The third-order valence-electron chi connectivity index (χ3n) is 5.89. The molecular formula is C20H27N5O2. The van der Waals surface area contributed by atoms with Crippen LogP contribution in [0.1, 0.15) is 30.3 Å². The Labute approximate surface area is 159 Å². The fraction of sp³-hybridized carbons (Fsp3) is 0.550. The summed E-state index contributed by atoms with van der Waals surface area (Å²) in [6.45, 7) is 3.79. The number of hydrogen-bond acceptors (Lipinski definition) is 5. The minimum Gasteiger partial charge on any atom is -0.348 e. The predicted molar refractivity (Wildman–Crippen MR) is 104 cm³/mol. The van der Waals surface area contributed by atoms with Gasteiger partial charge in [-0.2, -0.15) is 5.10 Å². The minimum absolute atomic E-state index is 0.0162. The van der Waals surface area contributed by atoms with E-state index in [4.69, 9.17) is 0 Å². The number of hydrogen-bond donors (Lipinski definition) is 1. The molecule has 3 heterocycles. The summed E-state index contributed by atoms with van der Waals surface area (Å²) in [7, 11) is 4.36. The lowest BCUT2D eigenvalue weighted by molar-refractivity contribution is -0.117. The Bertz CT molecular complexity index is 860. The van der Waals surface area contributed by atoms with E-state index in [1.807, 2.05) is 24.3 Å². The number of carbonyl (C=O) groups is 2. The zero-order valence-electron chi connectivity index (χ0n) is 16.2. The van der Waals surface area contributed by atoms with Crippen LogP contribution >= 0.6 is 0 Å². The Morgan fingerprint density at radius 3 is 2.48 bits per heavy atom. The molecule has 27 heavy (non-hydrogen) atoms. The number of piperazine rings is 1. The Morgan fingerprint density at radius 2 is 1.81 bits per heavy atom. The summed E-state index contributed by atoms with van der Waals surface area (Å²) in [6, 6.07) is 8.70. The highest BCUT2D eigenvalue weighted by Gasteiger charge is 2.38. The van der Waals surface area contributed by atoms with Crippen LogP contribution < -0.4 is 5.32 Å².